The van der Waals surface area contributed by atoms with E-state index in [2.05, 4.69) is 30.1 Å². The summed E-state index contributed by atoms with van der Waals surface area (Å²) in [6, 6.07) is 17.8. The molecule has 0 radical (unpaired) electrons. The van der Waals surface area contributed by atoms with Gasteiger partial charge in [0.25, 0.3) is 5.91 Å². The fourth-order valence-electron chi connectivity index (χ4n) is 2.22. The second kappa shape index (κ2) is 7.32. The van der Waals surface area contributed by atoms with Crippen LogP contribution >= 0.6 is 12.6 Å². The first-order valence-corrected chi connectivity index (χ1v) is 7.68. The maximum atomic E-state index is 12.1. The fraction of sp³-hybridized carbons (Fsp3) is 0.278. The molecule has 2 aromatic rings. The lowest BCUT2D eigenvalue weighted by molar-refractivity contribution is 0.0938. The van der Waals surface area contributed by atoms with Crippen molar-refractivity contribution in [2.24, 2.45) is 0 Å². The topological polar surface area (TPSA) is 29.1 Å². The van der Waals surface area contributed by atoms with E-state index < -0.39 is 0 Å². The lowest BCUT2D eigenvalue weighted by Crippen LogP contribution is -2.33. The lowest BCUT2D eigenvalue weighted by atomic mass is 10.0. The molecular weight excluding hydrogens is 278 g/mol. The zero-order valence-corrected chi connectivity index (χ0v) is 13.3. The molecule has 0 fully saturated rings. The first-order valence-electron chi connectivity index (χ1n) is 7.17. The predicted molar refractivity (Wildman–Crippen MR) is 90.9 cm³/mol. The summed E-state index contributed by atoms with van der Waals surface area (Å²) in [4.78, 5) is 12.1. The third-order valence-corrected chi connectivity index (χ3v) is 3.96. The van der Waals surface area contributed by atoms with Crippen molar-refractivity contribution in [1.82, 2.24) is 5.32 Å². The largest absolute Gasteiger partial charge is 0.350 e. The molecule has 0 aliphatic carbocycles. The minimum atomic E-state index is -0.0314. The normalized spacial score (nSPS) is 13.5. The number of carbonyl (C=O) groups excluding carboxylic acids is 1. The van der Waals surface area contributed by atoms with Gasteiger partial charge in [-0.25, -0.2) is 0 Å². The van der Waals surface area contributed by atoms with Crippen molar-refractivity contribution in [1.29, 1.82) is 0 Å². The molecule has 0 aliphatic heterocycles. The number of aryl methyl sites for hydroxylation is 1. The number of benzene rings is 2. The van der Waals surface area contributed by atoms with Gasteiger partial charge in [-0.2, -0.15) is 12.6 Å². The molecule has 2 atom stereocenters. The van der Waals surface area contributed by atoms with Crippen LogP contribution in [-0.4, -0.2) is 11.9 Å². The van der Waals surface area contributed by atoms with Gasteiger partial charge in [-0.1, -0.05) is 48.0 Å². The van der Waals surface area contributed by atoms with E-state index in [1.807, 2.05) is 56.3 Å². The summed E-state index contributed by atoms with van der Waals surface area (Å²) >= 11 is 4.63. The van der Waals surface area contributed by atoms with Crippen molar-refractivity contribution in [2.45, 2.75) is 31.6 Å². The molecule has 21 heavy (non-hydrogen) atoms. The van der Waals surface area contributed by atoms with Gasteiger partial charge < -0.3 is 5.32 Å². The average molecular weight is 299 g/mol. The van der Waals surface area contributed by atoms with Gasteiger partial charge in [-0.05, 0) is 38.0 Å². The quantitative estimate of drug-likeness (QED) is 0.797. The van der Waals surface area contributed by atoms with Crippen LogP contribution in [0.2, 0.25) is 0 Å². The maximum absolute atomic E-state index is 12.1. The second-order valence-electron chi connectivity index (χ2n) is 5.40. The highest BCUT2D eigenvalue weighted by molar-refractivity contribution is 7.80. The molecule has 0 spiro atoms. The lowest BCUT2D eigenvalue weighted by Gasteiger charge is -2.18. The maximum Gasteiger partial charge on any atom is 0.251 e. The van der Waals surface area contributed by atoms with Gasteiger partial charge in [0.1, 0.15) is 0 Å². The molecule has 0 unspecified atom stereocenters. The summed E-state index contributed by atoms with van der Waals surface area (Å²) in [6.07, 6.45) is 0.796. The average Bonchev–Trinajstić information content (AvgIpc) is 2.48. The molecule has 1 amide bonds. The van der Waals surface area contributed by atoms with Crippen LogP contribution < -0.4 is 5.32 Å². The Hall–Kier alpha value is -1.74. The van der Waals surface area contributed by atoms with E-state index in [-0.39, 0.29) is 17.2 Å². The Labute approximate surface area is 132 Å². The van der Waals surface area contributed by atoms with Gasteiger partial charge in [-0.3, -0.25) is 4.79 Å². The van der Waals surface area contributed by atoms with E-state index in [0.717, 1.165) is 12.0 Å². The van der Waals surface area contributed by atoms with Gasteiger partial charge >= 0.3 is 0 Å². The Morgan fingerprint density at radius 1 is 1.10 bits per heavy atom. The Morgan fingerprint density at radius 3 is 2.33 bits per heavy atom. The fourth-order valence-corrected chi connectivity index (χ4v) is 2.71. The zero-order chi connectivity index (χ0) is 15.2. The van der Waals surface area contributed by atoms with Crippen LogP contribution in [0.5, 0.6) is 0 Å². The monoisotopic (exact) mass is 299 g/mol. The number of hydrogen-bond acceptors (Lipinski definition) is 2. The van der Waals surface area contributed by atoms with Crippen LogP contribution in [0.15, 0.2) is 54.6 Å². The van der Waals surface area contributed by atoms with E-state index in [9.17, 15) is 4.79 Å². The van der Waals surface area contributed by atoms with Gasteiger partial charge in [0, 0.05) is 16.9 Å². The van der Waals surface area contributed by atoms with Crippen LogP contribution in [0.25, 0.3) is 0 Å². The summed E-state index contributed by atoms with van der Waals surface area (Å²) in [7, 11) is 0. The van der Waals surface area contributed by atoms with Crippen molar-refractivity contribution < 1.29 is 4.79 Å². The van der Waals surface area contributed by atoms with Crippen molar-refractivity contribution in [3.63, 3.8) is 0 Å². The van der Waals surface area contributed by atoms with Gasteiger partial charge in [0.05, 0.1) is 0 Å². The molecule has 2 aromatic carbocycles. The van der Waals surface area contributed by atoms with Crippen LogP contribution in [0.1, 0.15) is 40.1 Å². The third-order valence-electron chi connectivity index (χ3n) is 3.45. The highest BCUT2D eigenvalue weighted by Crippen LogP contribution is 2.24. The molecule has 2 nitrogen and oxygen atoms in total. The number of hydrogen-bond donors (Lipinski definition) is 2. The Balaban J connectivity index is 1.91. The van der Waals surface area contributed by atoms with Gasteiger partial charge in [0.2, 0.25) is 0 Å². The molecule has 0 saturated carbocycles. The van der Waals surface area contributed by atoms with Gasteiger partial charge in [0.15, 0.2) is 0 Å². The van der Waals surface area contributed by atoms with E-state index in [0.29, 0.717) is 5.56 Å². The highest BCUT2D eigenvalue weighted by atomic mass is 32.1. The Morgan fingerprint density at radius 2 is 1.71 bits per heavy atom. The molecule has 3 heteroatoms. The summed E-state index contributed by atoms with van der Waals surface area (Å²) in [5, 5.41) is 3.15. The van der Waals surface area contributed by atoms with Crippen molar-refractivity contribution in [3.8, 4) is 0 Å². The standard InChI is InChI=1S/C18H21NOS/c1-13-8-10-16(11-9-13)18(20)19-14(2)12-17(21)15-6-4-3-5-7-15/h3-11,14,17,21H,12H2,1-2H3,(H,19,20)/t14-,17-/m0/s1. The third kappa shape index (κ3) is 4.64. The molecule has 0 saturated heterocycles. The smallest absolute Gasteiger partial charge is 0.251 e. The van der Waals surface area contributed by atoms with E-state index in [1.54, 1.807) is 0 Å². The molecular formula is C18H21NOS. The van der Waals surface area contributed by atoms with Crippen LogP contribution in [0.3, 0.4) is 0 Å². The number of thiol groups is 1. The van der Waals surface area contributed by atoms with Crippen molar-refractivity contribution in [2.75, 3.05) is 0 Å². The summed E-state index contributed by atoms with van der Waals surface area (Å²) in [5.74, 6) is -0.0314. The Kier molecular flexibility index (Phi) is 5.45. The zero-order valence-electron chi connectivity index (χ0n) is 12.4. The Bertz CT molecular complexity index is 580. The molecule has 0 bridgehead atoms. The summed E-state index contributed by atoms with van der Waals surface area (Å²) < 4.78 is 0. The van der Waals surface area contributed by atoms with Crippen molar-refractivity contribution >= 4 is 18.5 Å². The van der Waals surface area contributed by atoms with E-state index >= 15 is 0 Å². The number of amides is 1. The molecule has 0 heterocycles. The molecule has 0 aromatic heterocycles. The minimum absolute atomic E-state index is 0.0314. The molecule has 1 N–H and O–H groups in total. The first-order chi connectivity index (χ1) is 10.1. The number of nitrogens with one attached hydrogen (secondary N) is 1. The summed E-state index contributed by atoms with van der Waals surface area (Å²) in [6.45, 7) is 4.02. The van der Waals surface area contributed by atoms with E-state index in [1.165, 1.54) is 5.56 Å². The van der Waals surface area contributed by atoms with Crippen LogP contribution in [0.4, 0.5) is 0 Å². The number of rotatable bonds is 5. The summed E-state index contributed by atoms with van der Waals surface area (Å²) in [5.41, 5.74) is 3.03. The van der Waals surface area contributed by atoms with Crippen LogP contribution in [-0.2, 0) is 0 Å². The van der Waals surface area contributed by atoms with Gasteiger partial charge in [-0.15, -0.1) is 0 Å². The van der Waals surface area contributed by atoms with Crippen molar-refractivity contribution in [3.05, 3.63) is 71.3 Å². The second-order valence-corrected chi connectivity index (χ2v) is 6.03. The molecule has 110 valence electrons. The SMILES string of the molecule is Cc1ccc(C(=O)N[C@@H](C)C[C@H](S)c2ccccc2)cc1. The highest BCUT2D eigenvalue weighted by Gasteiger charge is 2.14. The minimum Gasteiger partial charge on any atom is -0.350 e. The van der Waals surface area contributed by atoms with Crippen LogP contribution in [0, 0.1) is 6.92 Å². The first kappa shape index (κ1) is 15.6. The molecule has 0 aliphatic rings. The molecule has 2 rings (SSSR count). The number of carbonyl (C=O) groups is 1. The van der Waals surface area contributed by atoms with E-state index in [4.69, 9.17) is 0 Å². The predicted octanol–water partition coefficient (Wildman–Crippen LogP) is 4.17.